The van der Waals surface area contributed by atoms with Crippen molar-refractivity contribution < 1.29 is 4.79 Å². The van der Waals surface area contributed by atoms with Crippen LogP contribution in [0.3, 0.4) is 0 Å². The molecular weight excluding hydrogens is 204 g/mol. The fraction of sp³-hybridized carbons (Fsp3) is 0.636. The van der Waals surface area contributed by atoms with Gasteiger partial charge in [0.05, 0.1) is 6.04 Å². The lowest BCUT2D eigenvalue weighted by molar-refractivity contribution is -0.122. The van der Waals surface area contributed by atoms with Gasteiger partial charge in [0.25, 0.3) is 0 Å². The minimum atomic E-state index is -0.0890. The predicted octanol–water partition coefficient (Wildman–Crippen LogP) is 0.714. The molecule has 2 rings (SSSR count). The highest BCUT2D eigenvalue weighted by atomic mass is 16.1. The van der Waals surface area contributed by atoms with Gasteiger partial charge in [0.15, 0.2) is 0 Å². The second-order valence-electron chi connectivity index (χ2n) is 4.47. The minimum Gasteiger partial charge on any atom is -0.347 e. The molecule has 1 aromatic heterocycles. The summed E-state index contributed by atoms with van der Waals surface area (Å²) in [4.78, 5) is 18.7. The van der Waals surface area contributed by atoms with E-state index in [-0.39, 0.29) is 18.0 Å². The van der Waals surface area contributed by atoms with E-state index >= 15 is 0 Å². The van der Waals surface area contributed by atoms with Crippen molar-refractivity contribution in [3.63, 3.8) is 0 Å². The first-order valence-electron chi connectivity index (χ1n) is 5.71. The number of amides is 1. The van der Waals surface area contributed by atoms with Crippen molar-refractivity contribution in [2.75, 3.05) is 0 Å². The van der Waals surface area contributed by atoms with E-state index in [1.807, 2.05) is 6.92 Å². The normalized spacial score (nSPS) is 19.1. The van der Waals surface area contributed by atoms with Crippen LogP contribution in [0, 0.1) is 5.92 Å². The minimum absolute atomic E-state index is 0.00306. The molecule has 4 N–H and O–H groups in total. The number of carbonyl (C=O) groups excluding carboxylic acids is 1. The maximum Gasteiger partial charge on any atom is 0.222 e. The summed E-state index contributed by atoms with van der Waals surface area (Å²) in [6.45, 7) is 1.90. The van der Waals surface area contributed by atoms with E-state index in [2.05, 4.69) is 15.3 Å². The van der Waals surface area contributed by atoms with Crippen LogP contribution in [0.25, 0.3) is 0 Å². The van der Waals surface area contributed by atoms with Gasteiger partial charge in [-0.25, -0.2) is 4.98 Å². The molecule has 0 bridgehead atoms. The average molecular weight is 222 g/mol. The van der Waals surface area contributed by atoms with Gasteiger partial charge in [-0.15, -0.1) is 0 Å². The van der Waals surface area contributed by atoms with Gasteiger partial charge in [-0.05, 0) is 25.7 Å². The van der Waals surface area contributed by atoms with E-state index in [4.69, 9.17) is 5.73 Å². The first-order valence-corrected chi connectivity index (χ1v) is 5.71. The maximum atomic E-state index is 11.7. The number of imidazole rings is 1. The molecule has 0 radical (unpaired) electrons. The first kappa shape index (κ1) is 11.1. The predicted molar refractivity (Wildman–Crippen MR) is 60.5 cm³/mol. The number of nitrogens with two attached hydrogens (primary N) is 1. The van der Waals surface area contributed by atoms with Gasteiger partial charge in [0, 0.05) is 24.9 Å². The smallest absolute Gasteiger partial charge is 0.222 e. The van der Waals surface area contributed by atoms with Gasteiger partial charge in [-0.2, -0.15) is 0 Å². The van der Waals surface area contributed by atoms with Crippen molar-refractivity contribution in [3.05, 3.63) is 18.2 Å². The first-order chi connectivity index (χ1) is 7.66. The van der Waals surface area contributed by atoms with Crippen LogP contribution in [0.2, 0.25) is 0 Å². The van der Waals surface area contributed by atoms with Crippen molar-refractivity contribution in [3.8, 4) is 0 Å². The standard InChI is InChI=1S/C11H18N4O/c1-7(11-13-4-5-14-11)15-10(16)6-9(12)8-2-3-8/h4-5,7-9H,2-3,6,12H2,1H3,(H,13,14)(H,15,16). The molecule has 1 fully saturated rings. The molecule has 0 saturated heterocycles. The molecule has 1 aromatic rings. The molecule has 2 unspecified atom stereocenters. The van der Waals surface area contributed by atoms with Crippen LogP contribution < -0.4 is 11.1 Å². The Labute approximate surface area is 94.8 Å². The summed E-state index contributed by atoms with van der Waals surface area (Å²) < 4.78 is 0. The molecular formula is C11H18N4O. The van der Waals surface area contributed by atoms with E-state index in [1.54, 1.807) is 12.4 Å². The average Bonchev–Trinajstić information content (AvgIpc) is 2.93. The quantitative estimate of drug-likeness (QED) is 0.686. The largest absolute Gasteiger partial charge is 0.347 e. The molecule has 2 atom stereocenters. The third-order valence-corrected chi connectivity index (χ3v) is 2.96. The van der Waals surface area contributed by atoms with Gasteiger partial charge in [-0.3, -0.25) is 4.79 Å². The molecule has 5 nitrogen and oxygen atoms in total. The second-order valence-corrected chi connectivity index (χ2v) is 4.47. The molecule has 1 aliphatic rings. The Bertz CT molecular complexity index is 345. The van der Waals surface area contributed by atoms with Gasteiger partial charge < -0.3 is 16.0 Å². The van der Waals surface area contributed by atoms with Crippen molar-refractivity contribution in [2.45, 2.75) is 38.3 Å². The fourth-order valence-corrected chi connectivity index (χ4v) is 1.79. The number of carbonyl (C=O) groups is 1. The Morgan fingerprint density at radius 2 is 2.50 bits per heavy atom. The van der Waals surface area contributed by atoms with E-state index in [0.717, 1.165) is 5.82 Å². The molecule has 16 heavy (non-hydrogen) atoms. The highest BCUT2D eigenvalue weighted by Gasteiger charge is 2.30. The van der Waals surface area contributed by atoms with Crippen molar-refractivity contribution in [2.24, 2.45) is 11.7 Å². The summed E-state index contributed by atoms with van der Waals surface area (Å²) >= 11 is 0. The molecule has 1 amide bonds. The number of nitrogens with zero attached hydrogens (tertiary/aromatic N) is 1. The molecule has 1 saturated carbocycles. The number of hydrogen-bond donors (Lipinski definition) is 3. The summed E-state index contributed by atoms with van der Waals surface area (Å²) in [5, 5.41) is 2.88. The Morgan fingerprint density at radius 1 is 1.75 bits per heavy atom. The zero-order valence-electron chi connectivity index (χ0n) is 9.44. The summed E-state index contributed by atoms with van der Waals surface area (Å²) in [5.41, 5.74) is 5.89. The van der Waals surface area contributed by atoms with E-state index in [0.29, 0.717) is 12.3 Å². The number of H-pyrrole nitrogens is 1. The zero-order valence-corrected chi connectivity index (χ0v) is 9.44. The van der Waals surface area contributed by atoms with Crippen molar-refractivity contribution in [1.82, 2.24) is 15.3 Å². The summed E-state index contributed by atoms with van der Waals surface area (Å²) in [5.74, 6) is 1.33. The van der Waals surface area contributed by atoms with Gasteiger partial charge >= 0.3 is 0 Å². The van der Waals surface area contributed by atoms with E-state index < -0.39 is 0 Å². The second kappa shape index (κ2) is 4.65. The molecule has 1 aliphatic carbocycles. The van der Waals surface area contributed by atoms with Gasteiger partial charge in [-0.1, -0.05) is 0 Å². The third kappa shape index (κ3) is 2.82. The molecule has 5 heteroatoms. The lowest BCUT2D eigenvalue weighted by Crippen LogP contribution is -2.34. The van der Waals surface area contributed by atoms with E-state index in [9.17, 15) is 4.79 Å². The highest BCUT2D eigenvalue weighted by molar-refractivity contribution is 5.77. The topological polar surface area (TPSA) is 83.8 Å². The monoisotopic (exact) mass is 222 g/mol. The van der Waals surface area contributed by atoms with Crippen molar-refractivity contribution >= 4 is 5.91 Å². The summed E-state index contributed by atoms with van der Waals surface area (Å²) in [6.07, 6.45) is 6.17. The summed E-state index contributed by atoms with van der Waals surface area (Å²) in [6, 6.07) is -0.0716. The lowest BCUT2D eigenvalue weighted by Gasteiger charge is -2.14. The Hall–Kier alpha value is -1.36. The Balaban J connectivity index is 1.78. The van der Waals surface area contributed by atoms with Crippen LogP contribution in [-0.4, -0.2) is 21.9 Å². The van der Waals surface area contributed by atoms with Crippen LogP contribution in [0.4, 0.5) is 0 Å². The third-order valence-electron chi connectivity index (χ3n) is 2.96. The number of rotatable bonds is 5. The molecule has 0 spiro atoms. The van der Waals surface area contributed by atoms with Crippen LogP contribution >= 0.6 is 0 Å². The zero-order chi connectivity index (χ0) is 11.5. The van der Waals surface area contributed by atoms with Crippen LogP contribution in [0.5, 0.6) is 0 Å². The Morgan fingerprint density at radius 3 is 3.06 bits per heavy atom. The van der Waals surface area contributed by atoms with Crippen LogP contribution in [0.1, 0.15) is 38.1 Å². The number of aromatic nitrogens is 2. The SMILES string of the molecule is CC(NC(=O)CC(N)C1CC1)c1ncc[nH]1. The highest BCUT2D eigenvalue weighted by Crippen LogP contribution is 2.32. The Kier molecular flexibility index (Phi) is 3.24. The van der Waals surface area contributed by atoms with Crippen molar-refractivity contribution in [1.29, 1.82) is 0 Å². The number of hydrogen-bond acceptors (Lipinski definition) is 3. The van der Waals surface area contributed by atoms with Crippen LogP contribution in [0.15, 0.2) is 12.4 Å². The molecule has 0 aromatic carbocycles. The molecule has 0 aliphatic heterocycles. The number of nitrogens with one attached hydrogen (secondary N) is 2. The maximum absolute atomic E-state index is 11.7. The number of aromatic amines is 1. The lowest BCUT2D eigenvalue weighted by atomic mass is 10.1. The fourth-order valence-electron chi connectivity index (χ4n) is 1.79. The van der Waals surface area contributed by atoms with Crippen LogP contribution in [-0.2, 0) is 4.79 Å². The van der Waals surface area contributed by atoms with E-state index in [1.165, 1.54) is 12.8 Å². The van der Waals surface area contributed by atoms with Gasteiger partial charge in [0.1, 0.15) is 5.82 Å². The summed E-state index contributed by atoms with van der Waals surface area (Å²) in [7, 11) is 0. The van der Waals surface area contributed by atoms with Gasteiger partial charge in [0.2, 0.25) is 5.91 Å². The molecule has 1 heterocycles. The molecule has 88 valence electrons.